The molecule has 0 saturated carbocycles. The van der Waals surface area contributed by atoms with Crippen LogP contribution >= 0.6 is 0 Å². The molecule has 0 amide bonds. The fraction of sp³-hybridized carbons (Fsp3) is 0.643. The Hall–Kier alpha value is -0.960. The van der Waals surface area contributed by atoms with Crippen LogP contribution in [0.2, 0.25) is 0 Å². The molecule has 1 unspecified atom stereocenters. The minimum absolute atomic E-state index is 0.212. The number of hydrogen-bond donors (Lipinski definition) is 1. The van der Waals surface area contributed by atoms with Crippen LogP contribution in [0.4, 0.5) is 4.39 Å². The van der Waals surface area contributed by atoms with Crippen LogP contribution in [0, 0.1) is 5.92 Å². The number of aromatic nitrogens is 1. The van der Waals surface area contributed by atoms with Crippen LogP contribution in [0.3, 0.4) is 0 Å². The molecule has 0 spiro atoms. The van der Waals surface area contributed by atoms with Gasteiger partial charge in [0, 0.05) is 18.3 Å². The molecule has 3 heteroatoms. The van der Waals surface area contributed by atoms with Gasteiger partial charge in [0.2, 0.25) is 0 Å². The SMILES string of the molecule is CCc1ccc(CC(F)C2CCNCC2)nc1. The molecule has 1 aromatic heterocycles. The molecular formula is C14H21FN2. The molecule has 1 N–H and O–H groups in total. The molecule has 1 aliphatic heterocycles. The first-order valence-corrected chi connectivity index (χ1v) is 6.58. The molecule has 1 aliphatic rings. The number of alkyl halides is 1. The number of rotatable bonds is 4. The molecule has 1 fully saturated rings. The summed E-state index contributed by atoms with van der Waals surface area (Å²) in [7, 11) is 0. The smallest absolute Gasteiger partial charge is 0.109 e. The van der Waals surface area contributed by atoms with Gasteiger partial charge in [-0.15, -0.1) is 0 Å². The Morgan fingerprint density at radius 1 is 1.41 bits per heavy atom. The normalized spacial score (nSPS) is 19.2. The Kier molecular flexibility index (Phi) is 4.49. The lowest BCUT2D eigenvalue weighted by Gasteiger charge is -2.25. The molecule has 1 atom stereocenters. The van der Waals surface area contributed by atoms with E-state index in [1.54, 1.807) is 0 Å². The van der Waals surface area contributed by atoms with Crippen molar-refractivity contribution in [1.29, 1.82) is 0 Å². The van der Waals surface area contributed by atoms with Crippen LogP contribution in [0.15, 0.2) is 18.3 Å². The quantitative estimate of drug-likeness (QED) is 0.869. The number of aryl methyl sites for hydroxylation is 1. The van der Waals surface area contributed by atoms with Crippen LogP contribution in [0.5, 0.6) is 0 Å². The first kappa shape index (κ1) is 12.5. The van der Waals surface area contributed by atoms with Gasteiger partial charge in [0.1, 0.15) is 6.17 Å². The summed E-state index contributed by atoms with van der Waals surface area (Å²) >= 11 is 0. The van der Waals surface area contributed by atoms with Gasteiger partial charge in [-0.1, -0.05) is 13.0 Å². The van der Waals surface area contributed by atoms with Crippen molar-refractivity contribution >= 4 is 0 Å². The van der Waals surface area contributed by atoms with Crippen molar-refractivity contribution in [2.75, 3.05) is 13.1 Å². The lowest BCUT2D eigenvalue weighted by atomic mass is 9.90. The highest BCUT2D eigenvalue weighted by Gasteiger charge is 2.23. The van der Waals surface area contributed by atoms with Crippen LogP contribution < -0.4 is 5.32 Å². The Balaban J connectivity index is 1.89. The maximum atomic E-state index is 14.1. The summed E-state index contributed by atoms with van der Waals surface area (Å²) in [5, 5.41) is 3.27. The monoisotopic (exact) mass is 236 g/mol. The van der Waals surface area contributed by atoms with E-state index in [2.05, 4.69) is 23.3 Å². The third kappa shape index (κ3) is 3.50. The minimum atomic E-state index is -0.739. The van der Waals surface area contributed by atoms with E-state index in [4.69, 9.17) is 0 Å². The van der Waals surface area contributed by atoms with Gasteiger partial charge >= 0.3 is 0 Å². The van der Waals surface area contributed by atoms with E-state index in [0.717, 1.165) is 38.0 Å². The van der Waals surface area contributed by atoms with Gasteiger partial charge in [-0.2, -0.15) is 0 Å². The second kappa shape index (κ2) is 6.10. The fourth-order valence-electron chi connectivity index (χ4n) is 2.36. The standard InChI is InChI=1S/C14H21FN2/c1-2-11-3-4-13(17-10-11)9-14(15)12-5-7-16-8-6-12/h3-4,10,12,14,16H,2,5-9H2,1H3. The van der Waals surface area contributed by atoms with E-state index in [0.29, 0.717) is 6.42 Å². The van der Waals surface area contributed by atoms with Crippen molar-refractivity contribution < 1.29 is 4.39 Å². The summed E-state index contributed by atoms with van der Waals surface area (Å²) in [6, 6.07) is 4.02. The van der Waals surface area contributed by atoms with E-state index in [1.165, 1.54) is 5.56 Å². The van der Waals surface area contributed by atoms with Crippen molar-refractivity contribution in [1.82, 2.24) is 10.3 Å². The molecular weight excluding hydrogens is 215 g/mol. The first-order chi connectivity index (χ1) is 8.29. The van der Waals surface area contributed by atoms with E-state index in [1.807, 2.05) is 12.3 Å². The third-order valence-electron chi connectivity index (χ3n) is 3.59. The number of nitrogens with one attached hydrogen (secondary N) is 1. The van der Waals surface area contributed by atoms with Crippen molar-refractivity contribution in [3.63, 3.8) is 0 Å². The predicted octanol–water partition coefficient (Wildman–Crippen LogP) is 2.52. The predicted molar refractivity (Wildman–Crippen MR) is 67.8 cm³/mol. The van der Waals surface area contributed by atoms with Gasteiger partial charge in [-0.05, 0) is 49.9 Å². The number of halogens is 1. The second-order valence-electron chi connectivity index (χ2n) is 4.82. The lowest BCUT2D eigenvalue weighted by Crippen LogP contribution is -2.33. The minimum Gasteiger partial charge on any atom is -0.317 e. The fourth-order valence-corrected chi connectivity index (χ4v) is 2.36. The van der Waals surface area contributed by atoms with E-state index in [9.17, 15) is 4.39 Å². The Bertz CT molecular complexity index is 331. The van der Waals surface area contributed by atoms with E-state index in [-0.39, 0.29) is 5.92 Å². The van der Waals surface area contributed by atoms with Crippen molar-refractivity contribution in [2.45, 2.75) is 38.8 Å². The molecule has 2 nitrogen and oxygen atoms in total. The summed E-state index contributed by atoms with van der Waals surface area (Å²) in [5.41, 5.74) is 2.10. The average molecular weight is 236 g/mol. The number of piperidine rings is 1. The highest BCUT2D eigenvalue weighted by Crippen LogP contribution is 2.21. The van der Waals surface area contributed by atoms with Gasteiger partial charge < -0.3 is 5.32 Å². The molecule has 94 valence electrons. The maximum absolute atomic E-state index is 14.1. The molecule has 2 heterocycles. The highest BCUT2D eigenvalue weighted by molar-refractivity contribution is 5.14. The zero-order chi connectivity index (χ0) is 12.1. The molecule has 0 aliphatic carbocycles. The molecule has 0 bridgehead atoms. The third-order valence-corrected chi connectivity index (χ3v) is 3.59. The van der Waals surface area contributed by atoms with Crippen molar-refractivity contribution in [2.24, 2.45) is 5.92 Å². The van der Waals surface area contributed by atoms with Gasteiger partial charge in [-0.3, -0.25) is 4.98 Å². The zero-order valence-electron chi connectivity index (χ0n) is 10.5. The lowest BCUT2D eigenvalue weighted by molar-refractivity contribution is 0.186. The first-order valence-electron chi connectivity index (χ1n) is 6.58. The van der Waals surface area contributed by atoms with Crippen molar-refractivity contribution in [3.05, 3.63) is 29.6 Å². The van der Waals surface area contributed by atoms with Gasteiger partial charge in [0.15, 0.2) is 0 Å². The van der Waals surface area contributed by atoms with Gasteiger partial charge in [0.05, 0.1) is 0 Å². The molecule has 0 aromatic carbocycles. The van der Waals surface area contributed by atoms with Crippen LogP contribution in [0.25, 0.3) is 0 Å². The topological polar surface area (TPSA) is 24.9 Å². The molecule has 0 radical (unpaired) electrons. The number of hydrogen-bond acceptors (Lipinski definition) is 2. The van der Waals surface area contributed by atoms with Gasteiger partial charge in [-0.25, -0.2) is 4.39 Å². The Labute approximate surface area is 103 Å². The largest absolute Gasteiger partial charge is 0.317 e. The summed E-state index contributed by atoms with van der Waals surface area (Å²) in [4.78, 5) is 4.33. The number of nitrogens with zero attached hydrogens (tertiary/aromatic N) is 1. The zero-order valence-corrected chi connectivity index (χ0v) is 10.5. The van der Waals surface area contributed by atoms with Crippen LogP contribution in [-0.2, 0) is 12.8 Å². The Morgan fingerprint density at radius 2 is 2.18 bits per heavy atom. The molecule has 2 rings (SSSR count). The number of pyridine rings is 1. The van der Waals surface area contributed by atoms with Crippen LogP contribution in [0.1, 0.15) is 31.0 Å². The molecule has 17 heavy (non-hydrogen) atoms. The second-order valence-corrected chi connectivity index (χ2v) is 4.82. The average Bonchev–Trinajstić information content (AvgIpc) is 2.40. The van der Waals surface area contributed by atoms with Crippen molar-refractivity contribution in [3.8, 4) is 0 Å². The molecule has 1 saturated heterocycles. The maximum Gasteiger partial charge on any atom is 0.109 e. The van der Waals surface area contributed by atoms with Gasteiger partial charge in [0.25, 0.3) is 0 Å². The summed E-state index contributed by atoms with van der Waals surface area (Å²) in [6.45, 7) is 4.00. The summed E-state index contributed by atoms with van der Waals surface area (Å²) < 4.78 is 14.1. The molecule has 1 aromatic rings. The summed E-state index contributed by atoms with van der Waals surface area (Å²) in [6.07, 6.45) is 4.49. The van der Waals surface area contributed by atoms with E-state index >= 15 is 0 Å². The Morgan fingerprint density at radius 3 is 2.76 bits per heavy atom. The van der Waals surface area contributed by atoms with E-state index < -0.39 is 6.17 Å². The summed E-state index contributed by atoms with van der Waals surface area (Å²) in [5.74, 6) is 0.212. The highest BCUT2D eigenvalue weighted by atomic mass is 19.1. The van der Waals surface area contributed by atoms with Crippen LogP contribution in [-0.4, -0.2) is 24.2 Å².